The van der Waals surface area contributed by atoms with E-state index in [9.17, 15) is 0 Å². The molecule has 11 rings (SSSR count). The summed E-state index contributed by atoms with van der Waals surface area (Å²) < 4.78 is 5.01. The second-order valence-corrected chi connectivity index (χ2v) is 15.5. The zero-order chi connectivity index (χ0) is 37.7. The molecule has 268 valence electrons. The van der Waals surface area contributed by atoms with Crippen molar-refractivity contribution in [2.45, 2.75) is 0 Å². The van der Waals surface area contributed by atoms with Gasteiger partial charge in [0.05, 0.1) is 21.4 Å². The third kappa shape index (κ3) is 5.63. The molecule has 0 aliphatic rings. The summed E-state index contributed by atoms with van der Waals surface area (Å²) in [5.74, 6) is 0. The van der Waals surface area contributed by atoms with E-state index >= 15 is 0 Å². The van der Waals surface area contributed by atoms with E-state index < -0.39 is 0 Å². The maximum atomic E-state index is 2.45. The first-order valence-electron chi connectivity index (χ1n) is 19.4. The summed E-state index contributed by atoms with van der Waals surface area (Å²) in [7, 11) is 0. The molecule has 0 saturated heterocycles. The molecule has 2 aromatic heterocycles. The lowest BCUT2D eigenvalue weighted by Gasteiger charge is -2.26. The minimum atomic E-state index is 1.10. The summed E-state index contributed by atoms with van der Waals surface area (Å²) >= 11 is 1.87. The summed E-state index contributed by atoms with van der Waals surface area (Å²) in [6.45, 7) is 0. The SMILES string of the molecule is c1ccc(-c2ccc(N(c3ccc4c5c(-c6ccccc6-c6ccccc6)cccc5n(-c5ccccc5)c4c3)c3cccc4c3sc3ccccc34)cc2)cc1. The highest BCUT2D eigenvalue weighted by atomic mass is 32.1. The van der Waals surface area contributed by atoms with Crippen LogP contribution in [0.3, 0.4) is 0 Å². The number of thiophene rings is 1. The van der Waals surface area contributed by atoms with Gasteiger partial charge in [-0.3, -0.25) is 0 Å². The van der Waals surface area contributed by atoms with Crippen LogP contribution < -0.4 is 4.90 Å². The zero-order valence-electron chi connectivity index (χ0n) is 31.1. The topological polar surface area (TPSA) is 8.17 Å². The Balaban J connectivity index is 1.18. The maximum Gasteiger partial charge on any atom is 0.0640 e. The Morgan fingerprint density at radius 2 is 0.965 bits per heavy atom. The normalized spacial score (nSPS) is 11.5. The van der Waals surface area contributed by atoms with Crippen LogP contribution in [0.5, 0.6) is 0 Å². The lowest BCUT2D eigenvalue weighted by Crippen LogP contribution is -2.10. The minimum Gasteiger partial charge on any atom is -0.309 e. The number of benzene rings is 9. The van der Waals surface area contributed by atoms with E-state index in [-0.39, 0.29) is 0 Å². The second-order valence-electron chi connectivity index (χ2n) is 14.5. The molecule has 0 aliphatic carbocycles. The lowest BCUT2D eigenvalue weighted by atomic mass is 9.92. The van der Waals surface area contributed by atoms with Gasteiger partial charge in [-0.15, -0.1) is 11.3 Å². The van der Waals surface area contributed by atoms with E-state index in [1.807, 2.05) is 11.3 Å². The molecular weight excluding hydrogens is 709 g/mol. The molecular formula is C54H36N2S. The number of aromatic nitrogens is 1. The van der Waals surface area contributed by atoms with Crippen LogP contribution in [-0.4, -0.2) is 4.57 Å². The molecule has 0 bridgehead atoms. The van der Waals surface area contributed by atoms with Gasteiger partial charge in [0.15, 0.2) is 0 Å². The van der Waals surface area contributed by atoms with Gasteiger partial charge in [-0.05, 0) is 88.0 Å². The number of fused-ring (bicyclic) bond motifs is 6. The van der Waals surface area contributed by atoms with Crippen molar-refractivity contribution in [2.75, 3.05) is 4.90 Å². The Hall–Kier alpha value is -7.20. The highest BCUT2D eigenvalue weighted by Crippen LogP contribution is 2.47. The summed E-state index contributed by atoms with van der Waals surface area (Å²) in [6, 6.07) is 79.3. The van der Waals surface area contributed by atoms with E-state index in [0.717, 1.165) is 22.6 Å². The largest absolute Gasteiger partial charge is 0.309 e. The first-order chi connectivity index (χ1) is 28.3. The summed E-state index contributed by atoms with van der Waals surface area (Å²) in [4.78, 5) is 2.45. The van der Waals surface area contributed by atoms with E-state index in [4.69, 9.17) is 0 Å². The van der Waals surface area contributed by atoms with Crippen molar-refractivity contribution >= 4 is 70.4 Å². The van der Waals surface area contributed by atoms with Crippen LogP contribution in [0.2, 0.25) is 0 Å². The number of nitrogens with zero attached hydrogens (tertiary/aromatic N) is 2. The number of anilines is 3. The van der Waals surface area contributed by atoms with Crippen molar-refractivity contribution < 1.29 is 0 Å². The molecule has 0 atom stereocenters. The number of hydrogen-bond donors (Lipinski definition) is 0. The molecule has 0 spiro atoms. The van der Waals surface area contributed by atoms with Crippen LogP contribution in [-0.2, 0) is 0 Å². The standard InChI is InChI=1S/C54H36N2S/c1-4-16-37(17-5-1)38-30-32-41(33-31-38)55(50-28-15-26-47-45-24-12-13-29-52(45)57-54(47)50)42-34-35-48-51(36-42)56(40-20-8-3-9-21-40)49-27-14-25-46(53(48)49)44-23-11-10-22-43(44)39-18-6-2-7-19-39/h1-36H. The first-order valence-corrected chi connectivity index (χ1v) is 20.3. The predicted octanol–water partition coefficient (Wildman–Crippen LogP) is 15.6. The van der Waals surface area contributed by atoms with Crippen molar-refractivity contribution in [3.63, 3.8) is 0 Å². The van der Waals surface area contributed by atoms with E-state index in [1.165, 1.54) is 75.5 Å². The monoisotopic (exact) mass is 744 g/mol. The third-order valence-corrected chi connectivity index (χ3v) is 12.4. The Bertz CT molecular complexity index is 3220. The van der Waals surface area contributed by atoms with E-state index in [2.05, 4.69) is 228 Å². The molecule has 0 unspecified atom stereocenters. The highest BCUT2D eigenvalue weighted by Gasteiger charge is 2.22. The summed E-state index contributed by atoms with van der Waals surface area (Å²) in [5.41, 5.74) is 14.1. The van der Waals surface area contributed by atoms with Crippen molar-refractivity contribution in [3.8, 4) is 39.1 Å². The fourth-order valence-electron chi connectivity index (χ4n) is 8.63. The maximum absolute atomic E-state index is 2.45. The Morgan fingerprint density at radius 1 is 0.368 bits per heavy atom. The minimum absolute atomic E-state index is 1.10. The molecule has 0 amide bonds. The highest BCUT2D eigenvalue weighted by molar-refractivity contribution is 7.26. The Morgan fingerprint density at radius 3 is 1.75 bits per heavy atom. The Labute approximate surface area is 335 Å². The summed E-state index contributed by atoms with van der Waals surface area (Å²) in [6.07, 6.45) is 0. The van der Waals surface area contributed by atoms with Crippen LogP contribution in [0.4, 0.5) is 17.1 Å². The van der Waals surface area contributed by atoms with Crippen molar-refractivity contribution in [2.24, 2.45) is 0 Å². The van der Waals surface area contributed by atoms with Gasteiger partial charge in [0.1, 0.15) is 0 Å². The first kappa shape index (κ1) is 33.2. The van der Waals surface area contributed by atoms with Gasteiger partial charge in [-0.2, -0.15) is 0 Å². The van der Waals surface area contributed by atoms with Gasteiger partial charge < -0.3 is 9.47 Å². The smallest absolute Gasteiger partial charge is 0.0640 e. The molecule has 0 fully saturated rings. The van der Waals surface area contributed by atoms with Gasteiger partial charge in [0, 0.05) is 43.3 Å². The quantitative estimate of drug-likeness (QED) is 0.158. The average molecular weight is 745 g/mol. The molecule has 0 saturated carbocycles. The van der Waals surface area contributed by atoms with E-state index in [0.29, 0.717) is 0 Å². The summed E-state index contributed by atoms with van der Waals surface area (Å²) in [5, 5.41) is 5.04. The van der Waals surface area contributed by atoms with Gasteiger partial charge >= 0.3 is 0 Å². The molecule has 2 heterocycles. The molecule has 11 aromatic rings. The van der Waals surface area contributed by atoms with Gasteiger partial charge in [-0.1, -0.05) is 164 Å². The fourth-order valence-corrected chi connectivity index (χ4v) is 9.84. The lowest BCUT2D eigenvalue weighted by molar-refractivity contribution is 1.18. The Kier molecular flexibility index (Phi) is 8.04. The third-order valence-electron chi connectivity index (χ3n) is 11.2. The van der Waals surface area contributed by atoms with Crippen LogP contribution >= 0.6 is 11.3 Å². The van der Waals surface area contributed by atoms with Crippen molar-refractivity contribution in [1.29, 1.82) is 0 Å². The van der Waals surface area contributed by atoms with E-state index in [1.54, 1.807) is 0 Å². The van der Waals surface area contributed by atoms with Gasteiger partial charge in [0.25, 0.3) is 0 Å². The van der Waals surface area contributed by atoms with Crippen LogP contribution in [0.15, 0.2) is 218 Å². The fraction of sp³-hybridized carbons (Fsp3) is 0. The van der Waals surface area contributed by atoms with Crippen molar-refractivity contribution in [3.05, 3.63) is 218 Å². The predicted molar refractivity (Wildman–Crippen MR) is 245 cm³/mol. The molecule has 0 N–H and O–H groups in total. The second kappa shape index (κ2) is 13.8. The molecule has 9 aromatic carbocycles. The van der Waals surface area contributed by atoms with Gasteiger partial charge in [-0.25, -0.2) is 0 Å². The van der Waals surface area contributed by atoms with Crippen molar-refractivity contribution in [1.82, 2.24) is 4.57 Å². The number of hydrogen-bond acceptors (Lipinski definition) is 2. The number of para-hydroxylation sites is 1. The van der Waals surface area contributed by atoms with Crippen LogP contribution in [0.25, 0.3) is 81.0 Å². The zero-order valence-corrected chi connectivity index (χ0v) is 31.9. The van der Waals surface area contributed by atoms with Gasteiger partial charge in [0.2, 0.25) is 0 Å². The molecule has 0 aliphatic heterocycles. The number of rotatable bonds is 7. The average Bonchev–Trinajstić information content (AvgIpc) is 3.84. The van der Waals surface area contributed by atoms with Crippen LogP contribution in [0.1, 0.15) is 0 Å². The van der Waals surface area contributed by atoms with Crippen LogP contribution in [0, 0.1) is 0 Å². The molecule has 2 nitrogen and oxygen atoms in total. The molecule has 57 heavy (non-hydrogen) atoms. The molecule has 3 heteroatoms. The molecule has 0 radical (unpaired) electrons.